The predicted molar refractivity (Wildman–Crippen MR) is 112 cm³/mol. The summed E-state index contributed by atoms with van der Waals surface area (Å²) in [6, 6.07) is 10.9. The van der Waals surface area contributed by atoms with Gasteiger partial charge in [-0.1, -0.05) is 48.5 Å². The molecule has 0 radical (unpaired) electrons. The number of benzene rings is 2. The molecule has 2 rings (SSSR count). The molecule has 5 heteroatoms. The standard InChI is InChI=1S/C21H24Br2O3/c1-3-4-5-6-7-12-25-18-10-8-16(9-11-18)21(24)26-20-15(2)13-17(22)14-19(20)23/h8-11,13-14H,3-7,12H2,1-2H3. The van der Waals surface area contributed by atoms with E-state index >= 15 is 0 Å². The van der Waals surface area contributed by atoms with E-state index in [1.54, 1.807) is 12.1 Å². The molecule has 0 fully saturated rings. The highest BCUT2D eigenvalue weighted by molar-refractivity contribution is 9.11. The molecule has 0 aromatic heterocycles. The Morgan fingerprint density at radius 1 is 1.00 bits per heavy atom. The Morgan fingerprint density at radius 2 is 1.69 bits per heavy atom. The van der Waals surface area contributed by atoms with Gasteiger partial charge in [0, 0.05) is 4.47 Å². The maximum Gasteiger partial charge on any atom is 0.343 e. The highest BCUT2D eigenvalue weighted by Crippen LogP contribution is 2.33. The summed E-state index contributed by atoms with van der Waals surface area (Å²) in [6.45, 7) is 4.81. The number of carbonyl (C=O) groups is 1. The van der Waals surface area contributed by atoms with Gasteiger partial charge in [0.05, 0.1) is 16.6 Å². The second kappa shape index (κ2) is 10.7. The summed E-state index contributed by atoms with van der Waals surface area (Å²) >= 11 is 6.85. The van der Waals surface area contributed by atoms with Crippen molar-refractivity contribution >= 4 is 37.8 Å². The zero-order valence-corrected chi connectivity index (χ0v) is 18.4. The number of unbranched alkanes of at least 4 members (excludes halogenated alkanes) is 4. The molecule has 0 saturated carbocycles. The molecule has 2 aromatic carbocycles. The van der Waals surface area contributed by atoms with Crippen LogP contribution in [0.2, 0.25) is 0 Å². The Morgan fingerprint density at radius 3 is 2.35 bits per heavy atom. The van der Waals surface area contributed by atoms with E-state index in [4.69, 9.17) is 9.47 Å². The van der Waals surface area contributed by atoms with Crippen LogP contribution >= 0.6 is 31.9 Å². The van der Waals surface area contributed by atoms with E-state index in [-0.39, 0.29) is 5.97 Å². The Hall–Kier alpha value is -1.33. The van der Waals surface area contributed by atoms with Crippen molar-refractivity contribution in [2.24, 2.45) is 0 Å². The monoisotopic (exact) mass is 482 g/mol. The number of carbonyl (C=O) groups excluding carboxylic acids is 1. The minimum Gasteiger partial charge on any atom is -0.494 e. The second-order valence-electron chi connectivity index (χ2n) is 6.21. The minimum absolute atomic E-state index is 0.387. The van der Waals surface area contributed by atoms with Crippen LogP contribution in [-0.4, -0.2) is 12.6 Å². The average Bonchev–Trinajstić information content (AvgIpc) is 2.61. The molecule has 0 bridgehead atoms. The van der Waals surface area contributed by atoms with Gasteiger partial charge in [0.15, 0.2) is 0 Å². The normalized spacial score (nSPS) is 10.6. The lowest BCUT2D eigenvalue weighted by atomic mass is 10.2. The third-order valence-corrected chi connectivity index (χ3v) is 5.04. The van der Waals surface area contributed by atoms with Crippen LogP contribution in [0.4, 0.5) is 0 Å². The zero-order valence-electron chi connectivity index (χ0n) is 15.2. The van der Waals surface area contributed by atoms with Crippen molar-refractivity contribution in [2.75, 3.05) is 6.61 Å². The number of hydrogen-bond donors (Lipinski definition) is 0. The number of esters is 1. The molecule has 0 atom stereocenters. The largest absolute Gasteiger partial charge is 0.494 e. The fourth-order valence-electron chi connectivity index (χ4n) is 2.55. The number of halogens is 2. The number of ether oxygens (including phenoxy) is 2. The lowest BCUT2D eigenvalue weighted by Crippen LogP contribution is -2.10. The SMILES string of the molecule is CCCCCCCOc1ccc(C(=O)Oc2c(C)cc(Br)cc2Br)cc1. The maximum atomic E-state index is 12.4. The second-order valence-corrected chi connectivity index (χ2v) is 7.98. The molecule has 0 N–H and O–H groups in total. The third kappa shape index (κ3) is 6.44. The van der Waals surface area contributed by atoms with Crippen LogP contribution in [0.25, 0.3) is 0 Å². The zero-order chi connectivity index (χ0) is 18.9. The molecular weight excluding hydrogens is 460 g/mol. The lowest BCUT2D eigenvalue weighted by molar-refractivity contribution is 0.0732. The van der Waals surface area contributed by atoms with Gasteiger partial charge in [-0.3, -0.25) is 0 Å². The van der Waals surface area contributed by atoms with E-state index in [2.05, 4.69) is 38.8 Å². The fourth-order valence-corrected chi connectivity index (χ4v) is 4.07. The van der Waals surface area contributed by atoms with E-state index in [0.29, 0.717) is 17.9 Å². The van der Waals surface area contributed by atoms with Crippen molar-refractivity contribution in [3.63, 3.8) is 0 Å². The summed E-state index contributed by atoms with van der Waals surface area (Å²) in [7, 11) is 0. The lowest BCUT2D eigenvalue weighted by Gasteiger charge is -2.11. The molecule has 140 valence electrons. The summed E-state index contributed by atoms with van der Waals surface area (Å²) < 4.78 is 12.9. The van der Waals surface area contributed by atoms with Crippen molar-refractivity contribution in [2.45, 2.75) is 46.0 Å². The highest BCUT2D eigenvalue weighted by Gasteiger charge is 2.14. The number of aryl methyl sites for hydroxylation is 1. The van der Waals surface area contributed by atoms with Crippen molar-refractivity contribution in [3.05, 3.63) is 56.5 Å². The highest BCUT2D eigenvalue weighted by atomic mass is 79.9. The van der Waals surface area contributed by atoms with E-state index < -0.39 is 0 Å². The topological polar surface area (TPSA) is 35.5 Å². The van der Waals surface area contributed by atoms with Crippen molar-refractivity contribution < 1.29 is 14.3 Å². The smallest absolute Gasteiger partial charge is 0.343 e. The molecule has 0 aliphatic carbocycles. The third-order valence-electron chi connectivity index (χ3n) is 4.00. The summed E-state index contributed by atoms with van der Waals surface area (Å²) in [6.07, 6.45) is 6.04. The Kier molecular flexibility index (Phi) is 8.66. The first-order valence-corrected chi connectivity index (χ1v) is 10.5. The number of rotatable bonds is 9. The van der Waals surface area contributed by atoms with E-state index in [0.717, 1.165) is 26.7 Å². The molecule has 0 heterocycles. The number of hydrogen-bond acceptors (Lipinski definition) is 3. The molecule has 26 heavy (non-hydrogen) atoms. The maximum absolute atomic E-state index is 12.4. The summed E-state index contributed by atoms with van der Waals surface area (Å²) in [4.78, 5) is 12.4. The molecule has 0 saturated heterocycles. The summed E-state index contributed by atoms with van der Waals surface area (Å²) in [5.74, 6) is 0.922. The van der Waals surface area contributed by atoms with Crippen molar-refractivity contribution in [3.8, 4) is 11.5 Å². The minimum atomic E-state index is -0.387. The van der Waals surface area contributed by atoms with Gasteiger partial charge in [0.1, 0.15) is 11.5 Å². The van der Waals surface area contributed by atoms with Gasteiger partial charge in [0.2, 0.25) is 0 Å². The van der Waals surface area contributed by atoms with Gasteiger partial charge in [-0.25, -0.2) is 4.79 Å². The first kappa shape index (κ1) is 21.0. The Balaban J connectivity index is 1.89. The molecule has 2 aromatic rings. The van der Waals surface area contributed by atoms with Gasteiger partial charge in [-0.2, -0.15) is 0 Å². The first-order valence-electron chi connectivity index (χ1n) is 8.92. The van der Waals surface area contributed by atoms with Crippen LogP contribution in [0, 0.1) is 6.92 Å². The van der Waals surface area contributed by atoms with Crippen LogP contribution in [-0.2, 0) is 0 Å². The van der Waals surface area contributed by atoms with Gasteiger partial charge in [0.25, 0.3) is 0 Å². The molecule has 0 amide bonds. The predicted octanol–water partition coefficient (Wildman–Crippen LogP) is 7.09. The Bertz CT molecular complexity index is 704. The molecule has 0 unspecified atom stereocenters. The molecule has 0 spiro atoms. The van der Waals surface area contributed by atoms with Crippen molar-refractivity contribution in [1.29, 1.82) is 0 Å². The van der Waals surface area contributed by atoms with Gasteiger partial charge >= 0.3 is 5.97 Å². The molecular formula is C21H24Br2O3. The van der Waals surface area contributed by atoms with Gasteiger partial charge in [-0.05, 0) is 71.2 Å². The summed E-state index contributed by atoms with van der Waals surface area (Å²) in [5, 5.41) is 0. The van der Waals surface area contributed by atoms with Crippen LogP contribution in [0.5, 0.6) is 11.5 Å². The molecule has 0 aliphatic rings. The quantitative estimate of drug-likeness (QED) is 0.217. The van der Waals surface area contributed by atoms with Crippen LogP contribution in [0.15, 0.2) is 45.3 Å². The van der Waals surface area contributed by atoms with Crippen molar-refractivity contribution in [1.82, 2.24) is 0 Å². The average molecular weight is 484 g/mol. The van der Waals surface area contributed by atoms with E-state index in [9.17, 15) is 4.79 Å². The van der Waals surface area contributed by atoms with E-state index in [1.165, 1.54) is 25.7 Å². The summed E-state index contributed by atoms with van der Waals surface area (Å²) in [5.41, 5.74) is 1.37. The fraction of sp³-hybridized carbons (Fsp3) is 0.381. The molecule has 0 aliphatic heterocycles. The van der Waals surface area contributed by atoms with E-state index in [1.807, 2.05) is 31.2 Å². The van der Waals surface area contributed by atoms with Crippen LogP contribution in [0.1, 0.15) is 54.9 Å². The Labute approximate surface area is 172 Å². The van der Waals surface area contributed by atoms with Crippen LogP contribution < -0.4 is 9.47 Å². The molecule has 3 nitrogen and oxygen atoms in total. The first-order chi connectivity index (χ1) is 12.5. The van der Waals surface area contributed by atoms with Crippen LogP contribution in [0.3, 0.4) is 0 Å². The van der Waals surface area contributed by atoms with Gasteiger partial charge in [-0.15, -0.1) is 0 Å². The van der Waals surface area contributed by atoms with Gasteiger partial charge < -0.3 is 9.47 Å².